The van der Waals surface area contributed by atoms with Gasteiger partial charge < -0.3 is 14.9 Å². The summed E-state index contributed by atoms with van der Waals surface area (Å²) in [6.45, 7) is 0. The summed E-state index contributed by atoms with van der Waals surface area (Å²) in [5.74, 6) is -2.51. The minimum absolute atomic E-state index is 0.558. The molecule has 0 bridgehead atoms. The SMILES string of the molecule is C1=Cc2ccncc2C=CO1.O=C(O)/C=C/C(=O)O. The van der Waals surface area contributed by atoms with Crippen molar-refractivity contribution in [2.45, 2.75) is 0 Å². The van der Waals surface area contributed by atoms with E-state index >= 15 is 0 Å². The molecule has 0 fully saturated rings. The molecule has 6 heteroatoms. The molecule has 0 unspecified atom stereocenters. The fourth-order valence-corrected chi connectivity index (χ4v) is 1.12. The van der Waals surface area contributed by atoms with Crippen LogP contribution >= 0.6 is 0 Å². The third-order valence-corrected chi connectivity index (χ3v) is 1.91. The molecule has 19 heavy (non-hydrogen) atoms. The van der Waals surface area contributed by atoms with E-state index in [1.807, 2.05) is 24.4 Å². The average Bonchev–Trinajstić information content (AvgIpc) is 2.62. The number of rotatable bonds is 2. The molecule has 6 nitrogen and oxygen atoms in total. The van der Waals surface area contributed by atoms with E-state index in [-0.39, 0.29) is 0 Å². The van der Waals surface area contributed by atoms with Gasteiger partial charge in [0.1, 0.15) is 0 Å². The number of aromatic nitrogens is 1. The number of hydrogen-bond acceptors (Lipinski definition) is 4. The van der Waals surface area contributed by atoms with Crippen LogP contribution < -0.4 is 0 Å². The predicted molar refractivity (Wildman–Crippen MR) is 67.8 cm³/mol. The summed E-state index contributed by atoms with van der Waals surface area (Å²) < 4.78 is 4.99. The number of ether oxygens (including phenoxy) is 1. The van der Waals surface area contributed by atoms with E-state index in [1.54, 1.807) is 18.7 Å². The molecule has 1 aliphatic heterocycles. The van der Waals surface area contributed by atoms with E-state index < -0.39 is 11.9 Å². The average molecular weight is 261 g/mol. The molecular weight excluding hydrogens is 250 g/mol. The van der Waals surface area contributed by atoms with Gasteiger partial charge in [-0.15, -0.1) is 0 Å². The molecule has 0 saturated carbocycles. The summed E-state index contributed by atoms with van der Waals surface area (Å²) in [5, 5.41) is 15.6. The number of carboxylic acids is 2. The second-order valence-corrected chi connectivity index (χ2v) is 3.26. The van der Waals surface area contributed by atoms with Crippen LogP contribution in [0, 0.1) is 0 Å². The van der Waals surface area contributed by atoms with Gasteiger partial charge in [0, 0.05) is 30.1 Å². The van der Waals surface area contributed by atoms with E-state index in [0.29, 0.717) is 12.2 Å². The van der Waals surface area contributed by atoms with Crippen LogP contribution in [0.4, 0.5) is 0 Å². The van der Waals surface area contributed by atoms with Crippen LogP contribution in [-0.2, 0) is 14.3 Å². The molecule has 2 N–H and O–H groups in total. The lowest BCUT2D eigenvalue weighted by Gasteiger charge is -1.94. The van der Waals surface area contributed by atoms with Crippen LogP contribution in [0.5, 0.6) is 0 Å². The van der Waals surface area contributed by atoms with Gasteiger partial charge in [0.25, 0.3) is 0 Å². The highest BCUT2D eigenvalue weighted by Gasteiger charge is 1.96. The lowest BCUT2D eigenvalue weighted by atomic mass is 10.1. The number of pyridine rings is 1. The molecule has 2 heterocycles. The Morgan fingerprint density at radius 3 is 2.21 bits per heavy atom. The molecule has 2 rings (SSSR count). The monoisotopic (exact) mass is 261 g/mol. The van der Waals surface area contributed by atoms with Crippen molar-refractivity contribution in [1.29, 1.82) is 0 Å². The highest BCUT2D eigenvalue weighted by Crippen LogP contribution is 2.13. The molecule has 0 radical (unpaired) electrons. The Bertz CT molecular complexity index is 499. The summed E-state index contributed by atoms with van der Waals surface area (Å²) in [4.78, 5) is 23.1. The van der Waals surface area contributed by atoms with E-state index in [0.717, 1.165) is 11.1 Å². The Morgan fingerprint density at radius 2 is 1.63 bits per heavy atom. The van der Waals surface area contributed by atoms with Crippen molar-refractivity contribution in [3.63, 3.8) is 0 Å². The Balaban J connectivity index is 0.000000203. The molecule has 1 aliphatic rings. The molecule has 0 spiro atoms. The maximum atomic E-state index is 9.55. The molecule has 1 aromatic rings. The van der Waals surface area contributed by atoms with Crippen LogP contribution in [0.1, 0.15) is 11.1 Å². The fraction of sp³-hybridized carbons (Fsp3) is 0. The van der Waals surface area contributed by atoms with Crippen LogP contribution in [0.3, 0.4) is 0 Å². The zero-order valence-corrected chi connectivity index (χ0v) is 9.76. The molecule has 0 saturated heterocycles. The molecule has 98 valence electrons. The van der Waals surface area contributed by atoms with Gasteiger partial charge in [0.15, 0.2) is 0 Å². The molecule has 0 aromatic carbocycles. The molecule has 0 atom stereocenters. The number of carbonyl (C=O) groups is 2. The van der Waals surface area contributed by atoms with Gasteiger partial charge in [-0.2, -0.15) is 0 Å². The lowest BCUT2D eigenvalue weighted by molar-refractivity contribution is -0.134. The minimum Gasteiger partial charge on any atom is -0.478 e. The summed E-state index contributed by atoms with van der Waals surface area (Å²) in [5.41, 5.74) is 2.22. The van der Waals surface area contributed by atoms with Gasteiger partial charge in [-0.05, 0) is 23.8 Å². The third kappa shape index (κ3) is 5.83. The molecule has 0 amide bonds. The van der Waals surface area contributed by atoms with Crippen molar-refractivity contribution in [2.24, 2.45) is 0 Å². The maximum Gasteiger partial charge on any atom is 0.328 e. The standard InChI is InChI=1S/C9H7NO.C4H4O4/c1-4-10-7-9-3-6-11-5-2-8(1)9;5-3(6)1-2-4(7)8/h1-7H;1-2H,(H,5,6)(H,7,8)/b;2-1+. The van der Waals surface area contributed by atoms with Crippen LogP contribution in [-0.4, -0.2) is 27.1 Å². The van der Waals surface area contributed by atoms with E-state index in [4.69, 9.17) is 14.9 Å². The van der Waals surface area contributed by atoms with Crippen molar-refractivity contribution in [2.75, 3.05) is 0 Å². The van der Waals surface area contributed by atoms with Gasteiger partial charge in [-0.25, -0.2) is 9.59 Å². The van der Waals surface area contributed by atoms with Crippen molar-refractivity contribution < 1.29 is 24.5 Å². The Labute approximate surface area is 109 Å². The van der Waals surface area contributed by atoms with Crippen molar-refractivity contribution >= 4 is 24.1 Å². The summed E-state index contributed by atoms with van der Waals surface area (Å²) in [6, 6.07) is 1.95. The van der Waals surface area contributed by atoms with Crippen molar-refractivity contribution in [3.8, 4) is 0 Å². The normalized spacial score (nSPS) is 11.8. The van der Waals surface area contributed by atoms with Crippen molar-refractivity contribution in [3.05, 3.63) is 54.3 Å². The molecular formula is C13H11NO5. The largest absolute Gasteiger partial charge is 0.478 e. The maximum absolute atomic E-state index is 9.55. The summed E-state index contributed by atoms with van der Waals surface area (Å²) in [7, 11) is 0. The molecule has 0 aliphatic carbocycles. The van der Waals surface area contributed by atoms with Gasteiger partial charge in [-0.3, -0.25) is 4.98 Å². The van der Waals surface area contributed by atoms with E-state index in [9.17, 15) is 9.59 Å². The highest BCUT2D eigenvalue weighted by atomic mass is 16.5. The van der Waals surface area contributed by atoms with Crippen molar-refractivity contribution in [1.82, 2.24) is 4.98 Å². The van der Waals surface area contributed by atoms with Crippen LogP contribution in [0.25, 0.3) is 12.2 Å². The fourth-order valence-electron chi connectivity index (χ4n) is 1.12. The van der Waals surface area contributed by atoms with E-state index in [1.165, 1.54) is 0 Å². The quantitative estimate of drug-likeness (QED) is 0.787. The minimum atomic E-state index is -1.26. The number of hydrogen-bond donors (Lipinski definition) is 2. The van der Waals surface area contributed by atoms with Gasteiger partial charge >= 0.3 is 11.9 Å². The highest BCUT2D eigenvalue weighted by molar-refractivity contribution is 5.89. The zero-order valence-electron chi connectivity index (χ0n) is 9.76. The number of nitrogens with zero attached hydrogens (tertiary/aromatic N) is 1. The Hall–Kier alpha value is -2.89. The summed E-state index contributed by atoms with van der Waals surface area (Å²) >= 11 is 0. The first-order valence-electron chi connectivity index (χ1n) is 5.16. The number of fused-ring (bicyclic) bond motifs is 1. The Kier molecular flexibility index (Phi) is 5.55. The first-order valence-corrected chi connectivity index (χ1v) is 5.16. The Morgan fingerprint density at radius 1 is 1.05 bits per heavy atom. The number of carboxylic acid groups (broad SMARTS) is 2. The van der Waals surface area contributed by atoms with Gasteiger partial charge in [0.05, 0.1) is 12.5 Å². The first-order chi connectivity index (χ1) is 9.09. The lowest BCUT2D eigenvalue weighted by Crippen LogP contribution is -1.91. The van der Waals surface area contributed by atoms with Crippen LogP contribution in [0.15, 0.2) is 43.1 Å². The van der Waals surface area contributed by atoms with Gasteiger partial charge in [-0.1, -0.05) is 0 Å². The number of aliphatic carboxylic acids is 2. The topological polar surface area (TPSA) is 96.7 Å². The molecule has 1 aromatic heterocycles. The van der Waals surface area contributed by atoms with Gasteiger partial charge in [0.2, 0.25) is 0 Å². The predicted octanol–water partition coefficient (Wildman–Crippen LogP) is 1.77. The smallest absolute Gasteiger partial charge is 0.328 e. The second-order valence-electron chi connectivity index (χ2n) is 3.26. The van der Waals surface area contributed by atoms with Crippen LogP contribution in [0.2, 0.25) is 0 Å². The second kappa shape index (κ2) is 7.44. The summed E-state index contributed by atoms with van der Waals surface area (Å²) in [6.07, 6.45) is 11.8. The third-order valence-electron chi connectivity index (χ3n) is 1.91. The first kappa shape index (κ1) is 14.2. The zero-order chi connectivity index (χ0) is 14.1. The van der Waals surface area contributed by atoms with E-state index in [2.05, 4.69) is 4.98 Å².